The van der Waals surface area contributed by atoms with Crippen LogP contribution in [0.15, 0.2) is 59.4 Å². The van der Waals surface area contributed by atoms with Gasteiger partial charge < -0.3 is 9.64 Å². The molecular formula is C21H19F3N4O3. The molecule has 1 aromatic heterocycles. The molecule has 1 aliphatic rings. The number of alkyl halides is 3. The molecule has 1 saturated heterocycles. The third kappa shape index (κ3) is 4.47. The average Bonchev–Trinajstić information content (AvgIpc) is 3.14. The van der Waals surface area contributed by atoms with Crippen LogP contribution in [0.25, 0.3) is 5.69 Å². The van der Waals surface area contributed by atoms with Gasteiger partial charge in [0.2, 0.25) is 0 Å². The number of hydrogen-bond donors (Lipinski definition) is 1. The van der Waals surface area contributed by atoms with Crippen molar-refractivity contribution < 1.29 is 22.7 Å². The fraction of sp³-hybridized carbons (Fsp3) is 0.286. The molecule has 31 heavy (non-hydrogen) atoms. The van der Waals surface area contributed by atoms with Crippen molar-refractivity contribution in [1.29, 1.82) is 0 Å². The number of piperidine rings is 1. The van der Waals surface area contributed by atoms with Crippen LogP contribution in [0.5, 0.6) is 5.75 Å². The molecule has 0 aliphatic carbocycles. The predicted octanol–water partition coefficient (Wildman–Crippen LogP) is 3.48. The predicted molar refractivity (Wildman–Crippen MR) is 105 cm³/mol. The maximum absolute atomic E-state index is 12.8. The van der Waals surface area contributed by atoms with Crippen molar-refractivity contribution >= 4 is 5.91 Å². The number of likely N-dealkylation sites (tertiary alicyclic amines) is 1. The summed E-state index contributed by atoms with van der Waals surface area (Å²) in [6.07, 6.45) is -3.85. The van der Waals surface area contributed by atoms with Crippen molar-refractivity contribution in [2.45, 2.75) is 25.1 Å². The van der Waals surface area contributed by atoms with Crippen LogP contribution in [0.3, 0.4) is 0 Å². The van der Waals surface area contributed by atoms with Crippen molar-refractivity contribution in [1.82, 2.24) is 19.7 Å². The number of aromatic amines is 1. The van der Waals surface area contributed by atoms with Crippen LogP contribution < -0.4 is 10.4 Å². The van der Waals surface area contributed by atoms with Gasteiger partial charge in [-0.1, -0.05) is 30.3 Å². The number of nitrogens with one attached hydrogen (secondary N) is 1. The summed E-state index contributed by atoms with van der Waals surface area (Å²) < 4.78 is 43.5. The van der Waals surface area contributed by atoms with Crippen LogP contribution in [-0.4, -0.2) is 45.0 Å². The lowest BCUT2D eigenvalue weighted by Gasteiger charge is -2.32. The molecule has 0 atom stereocenters. The summed E-state index contributed by atoms with van der Waals surface area (Å²) in [7, 11) is 0. The van der Waals surface area contributed by atoms with Gasteiger partial charge in [0.05, 0.1) is 11.3 Å². The van der Waals surface area contributed by atoms with Gasteiger partial charge >= 0.3 is 12.1 Å². The van der Waals surface area contributed by atoms with Crippen molar-refractivity contribution in [3.05, 3.63) is 76.5 Å². The molecule has 2 heterocycles. The van der Waals surface area contributed by atoms with E-state index in [2.05, 4.69) is 14.9 Å². The topological polar surface area (TPSA) is 80.2 Å². The van der Waals surface area contributed by atoms with Crippen molar-refractivity contribution in [2.24, 2.45) is 0 Å². The molecule has 0 bridgehead atoms. The van der Waals surface area contributed by atoms with Gasteiger partial charge in [-0.15, -0.1) is 13.2 Å². The Labute approximate surface area is 175 Å². The lowest BCUT2D eigenvalue weighted by molar-refractivity contribution is -0.274. The second kappa shape index (κ2) is 8.29. The number of ether oxygens (including phenoxy) is 1. The minimum absolute atomic E-state index is 0.0788. The monoisotopic (exact) mass is 432 g/mol. The zero-order chi connectivity index (χ0) is 22.0. The maximum Gasteiger partial charge on any atom is 0.573 e. The first kappa shape index (κ1) is 20.7. The summed E-state index contributed by atoms with van der Waals surface area (Å²) in [5.41, 5.74) is 0.199. The maximum atomic E-state index is 12.8. The SMILES string of the molecule is O=C(c1ccccc1OC(F)(F)F)N1CCC(c2n[nH]c(=O)n2-c2ccccc2)CC1. The van der Waals surface area contributed by atoms with E-state index in [0.29, 0.717) is 37.4 Å². The normalized spacial score (nSPS) is 15.1. The van der Waals surface area contributed by atoms with Crippen LogP contribution in [-0.2, 0) is 0 Å². The highest BCUT2D eigenvalue weighted by atomic mass is 19.4. The highest BCUT2D eigenvalue weighted by Crippen LogP contribution is 2.31. The van der Waals surface area contributed by atoms with Crippen LogP contribution in [0.2, 0.25) is 0 Å². The van der Waals surface area contributed by atoms with Crippen LogP contribution in [0.4, 0.5) is 13.2 Å². The Balaban J connectivity index is 1.50. The number of rotatable bonds is 4. The minimum atomic E-state index is -4.88. The molecule has 0 spiro atoms. The summed E-state index contributed by atoms with van der Waals surface area (Å²) in [5, 5.41) is 6.65. The molecule has 10 heteroatoms. The number of para-hydroxylation sites is 2. The van der Waals surface area contributed by atoms with Crippen LogP contribution in [0, 0.1) is 0 Å². The number of benzene rings is 2. The van der Waals surface area contributed by atoms with E-state index < -0.39 is 18.0 Å². The van der Waals surface area contributed by atoms with Crippen molar-refractivity contribution in [3.63, 3.8) is 0 Å². The summed E-state index contributed by atoms with van der Waals surface area (Å²) >= 11 is 0. The molecule has 162 valence electrons. The second-order valence-electron chi connectivity index (χ2n) is 7.17. The number of hydrogen-bond acceptors (Lipinski definition) is 4. The first-order valence-corrected chi connectivity index (χ1v) is 9.70. The number of nitrogens with zero attached hydrogens (tertiary/aromatic N) is 3. The van der Waals surface area contributed by atoms with E-state index in [-0.39, 0.29) is 17.2 Å². The van der Waals surface area contributed by atoms with Crippen molar-refractivity contribution in [3.8, 4) is 11.4 Å². The smallest absolute Gasteiger partial charge is 0.405 e. The van der Waals surface area contributed by atoms with E-state index in [1.54, 1.807) is 12.1 Å². The molecule has 2 aromatic carbocycles. The van der Waals surface area contributed by atoms with Gasteiger partial charge in [-0.3, -0.25) is 4.79 Å². The van der Waals surface area contributed by atoms with E-state index in [9.17, 15) is 22.8 Å². The van der Waals surface area contributed by atoms with Crippen LogP contribution >= 0.6 is 0 Å². The summed E-state index contributed by atoms with van der Waals surface area (Å²) in [5.74, 6) is -0.554. The third-order valence-corrected chi connectivity index (χ3v) is 5.20. The minimum Gasteiger partial charge on any atom is -0.405 e. The highest BCUT2D eigenvalue weighted by molar-refractivity contribution is 5.97. The Bertz CT molecular complexity index is 1120. The fourth-order valence-electron chi connectivity index (χ4n) is 3.78. The zero-order valence-corrected chi connectivity index (χ0v) is 16.3. The largest absolute Gasteiger partial charge is 0.573 e. The molecule has 3 aromatic rings. The Kier molecular flexibility index (Phi) is 5.53. The molecule has 0 unspecified atom stereocenters. The molecule has 1 amide bonds. The molecule has 0 radical (unpaired) electrons. The Morgan fingerprint density at radius 2 is 1.68 bits per heavy atom. The van der Waals surface area contributed by atoms with E-state index in [1.807, 2.05) is 18.2 Å². The molecular weight excluding hydrogens is 413 g/mol. The Hall–Kier alpha value is -3.56. The number of amides is 1. The third-order valence-electron chi connectivity index (χ3n) is 5.20. The molecule has 0 saturated carbocycles. The second-order valence-corrected chi connectivity index (χ2v) is 7.17. The van der Waals surface area contributed by atoms with Gasteiger partial charge in [0.25, 0.3) is 5.91 Å². The molecule has 1 fully saturated rings. The van der Waals surface area contributed by atoms with Gasteiger partial charge in [0.1, 0.15) is 11.6 Å². The number of H-pyrrole nitrogens is 1. The summed E-state index contributed by atoms with van der Waals surface area (Å²) in [6, 6.07) is 14.4. The number of carbonyl (C=O) groups is 1. The fourth-order valence-corrected chi connectivity index (χ4v) is 3.78. The highest BCUT2D eigenvalue weighted by Gasteiger charge is 2.34. The lowest BCUT2D eigenvalue weighted by atomic mass is 9.95. The standard InChI is InChI=1S/C21H19F3N4O3/c22-21(23,24)31-17-9-5-4-8-16(17)19(29)27-12-10-14(11-13-27)18-25-26-20(30)28(18)15-6-2-1-3-7-15/h1-9,14H,10-13H2,(H,26,30). The first-order valence-electron chi connectivity index (χ1n) is 9.70. The van der Waals surface area contributed by atoms with Gasteiger partial charge in [0.15, 0.2) is 0 Å². The van der Waals surface area contributed by atoms with E-state index in [1.165, 1.54) is 27.7 Å². The van der Waals surface area contributed by atoms with E-state index in [0.717, 1.165) is 6.07 Å². The molecule has 1 aliphatic heterocycles. The van der Waals surface area contributed by atoms with Crippen molar-refractivity contribution in [2.75, 3.05) is 13.1 Å². The number of halogens is 3. The molecule has 4 rings (SSSR count). The molecule has 1 N–H and O–H groups in total. The Morgan fingerprint density at radius 1 is 1.03 bits per heavy atom. The molecule has 7 nitrogen and oxygen atoms in total. The van der Waals surface area contributed by atoms with E-state index in [4.69, 9.17) is 0 Å². The van der Waals surface area contributed by atoms with Gasteiger partial charge in [0, 0.05) is 19.0 Å². The Morgan fingerprint density at radius 3 is 2.35 bits per heavy atom. The quantitative estimate of drug-likeness (QED) is 0.685. The van der Waals surface area contributed by atoms with Gasteiger partial charge in [-0.25, -0.2) is 14.5 Å². The zero-order valence-electron chi connectivity index (χ0n) is 16.3. The van der Waals surface area contributed by atoms with Gasteiger partial charge in [-0.05, 0) is 37.1 Å². The first-order chi connectivity index (χ1) is 14.8. The lowest BCUT2D eigenvalue weighted by Crippen LogP contribution is -2.39. The summed E-state index contributed by atoms with van der Waals surface area (Å²) in [6.45, 7) is 0.638. The summed E-state index contributed by atoms with van der Waals surface area (Å²) in [4.78, 5) is 26.6. The van der Waals surface area contributed by atoms with E-state index >= 15 is 0 Å². The average molecular weight is 432 g/mol. The number of carbonyl (C=O) groups excluding carboxylic acids is 1. The van der Waals surface area contributed by atoms with Gasteiger partial charge in [-0.2, -0.15) is 5.10 Å². The van der Waals surface area contributed by atoms with Crippen LogP contribution in [0.1, 0.15) is 34.9 Å². The number of aromatic nitrogens is 3.